The highest BCUT2D eigenvalue weighted by atomic mass is 28.3. The molecule has 0 amide bonds. The third-order valence-electron chi connectivity index (χ3n) is 2.24. The molecule has 0 aromatic heterocycles. The summed E-state index contributed by atoms with van der Waals surface area (Å²) in [5, 5.41) is 8.40. The second-order valence-electron chi connectivity index (χ2n) is 3.03. The SMILES string of the molecule is CC[Si](C)(C=CC(=O)O)CC. The Kier molecular flexibility index (Phi) is 4.11. The molecule has 0 spiro atoms. The molecule has 1 N–H and O–H groups in total. The zero-order valence-corrected chi connectivity index (χ0v) is 8.42. The van der Waals surface area contributed by atoms with E-state index in [1.165, 1.54) is 6.08 Å². The number of carbonyl (C=O) groups is 1. The highest BCUT2D eigenvalue weighted by Crippen LogP contribution is 2.15. The van der Waals surface area contributed by atoms with E-state index in [4.69, 9.17) is 5.11 Å². The maximum Gasteiger partial charge on any atom is 0.327 e. The van der Waals surface area contributed by atoms with Gasteiger partial charge >= 0.3 is 5.97 Å². The summed E-state index contributed by atoms with van der Waals surface area (Å²) in [5.41, 5.74) is 1.91. The van der Waals surface area contributed by atoms with Gasteiger partial charge in [-0.2, -0.15) is 0 Å². The van der Waals surface area contributed by atoms with Gasteiger partial charge in [0.15, 0.2) is 0 Å². The Hall–Kier alpha value is -0.573. The number of hydrogen-bond acceptors (Lipinski definition) is 1. The van der Waals surface area contributed by atoms with Crippen LogP contribution in [0.2, 0.25) is 18.6 Å². The number of carboxylic acids is 1. The first kappa shape index (κ1) is 10.4. The van der Waals surface area contributed by atoms with Gasteiger partial charge in [0.2, 0.25) is 0 Å². The maximum atomic E-state index is 10.2. The van der Waals surface area contributed by atoms with Crippen molar-refractivity contribution in [1.29, 1.82) is 0 Å². The summed E-state index contributed by atoms with van der Waals surface area (Å²) in [5.74, 6) is -0.828. The molecule has 0 aliphatic heterocycles. The third-order valence-corrected chi connectivity index (χ3v) is 6.45. The monoisotopic (exact) mass is 172 g/mol. The molecule has 64 valence electrons. The molecule has 0 heterocycles. The van der Waals surface area contributed by atoms with E-state index in [0.717, 1.165) is 12.1 Å². The first-order valence-corrected chi connectivity index (χ1v) is 6.95. The summed E-state index contributed by atoms with van der Waals surface area (Å²) >= 11 is 0. The van der Waals surface area contributed by atoms with Crippen molar-refractivity contribution >= 4 is 14.0 Å². The Balaban J connectivity index is 4.17. The smallest absolute Gasteiger partial charge is 0.327 e. The van der Waals surface area contributed by atoms with Gasteiger partial charge in [-0.15, -0.1) is 0 Å². The Bertz CT molecular complexity index is 159. The van der Waals surface area contributed by atoms with Gasteiger partial charge < -0.3 is 5.11 Å². The van der Waals surface area contributed by atoms with Gasteiger partial charge in [0.25, 0.3) is 0 Å². The zero-order chi connectivity index (χ0) is 8.91. The van der Waals surface area contributed by atoms with Gasteiger partial charge in [-0.25, -0.2) is 4.79 Å². The molecular weight excluding hydrogens is 156 g/mol. The molecular formula is C8H16O2Si. The molecule has 0 radical (unpaired) electrons. The Morgan fingerprint density at radius 2 is 1.91 bits per heavy atom. The Morgan fingerprint density at radius 1 is 1.45 bits per heavy atom. The number of rotatable bonds is 4. The van der Waals surface area contributed by atoms with Crippen LogP contribution < -0.4 is 0 Å². The van der Waals surface area contributed by atoms with Gasteiger partial charge in [0, 0.05) is 6.08 Å². The molecule has 3 heteroatoms. The van der Waals surface area contributed by atoms with Gasteiger partial charge in [0.1, 0.15) is 0 Å². The van der Waals surface area contributed by atoms with Gasteiger partial charge in [-0.1, -0.05) is 38.2 Å². The molecule has 0 rings (SSSR count). The molecule has 0 bridgehead atoms. The summed E-state index contributed by atoms with van der Waals surface area (Å²) < 4.78 is 0. The molecule has 2 nitrogen and oxygen atoms in total. The van der Waals surface area contributed by atoms with Crippen LogP contribution in [-0.2, 0) is 4.79 Å². The third kappa shape index (κ3) is 3.98. The van der Waals surface area contributed by atoms with Crippen LogP contribution in [0.15, 0.2) is 11.8 Å². The summed E-state index contributed by atoms with van der Waals surface area (Å²) in [4.78, 5) is 10.2. The minimum absolute atomic E-state index is 0.828. The minimum Gasteiger partial charge on any atom is -0.478 e. The molecule has 0 saturated heterocycles. The maximum absolute atomic E-state index is 10.2. The highest BCUT2D eigenvalue weighted by Gasteiger charge is 2.18. The van der Waals surface area contributed by atoms with Crippen LogP contribution in [0.5, 0.6) is 0 Å². The predicted octanol–water partition coefficient (Wildman–Crippen LogP) is 2.28. The minimum atomic E-state index is -1.32. The van der Waals surface area contributed by atoms with Crippen LogP contribution in [-0.4, -0.2) is 19.1 Å². The summed E-state index contributed by atoms with van der Waals surface area (Å²) in [6.07, 6.45) is 1.29. The van der Waals surface area contributed by atoms with Crippen molar-refractivity contribution in [1.82, 2.24) is 0 Å². The van der Waals surface area contributed by atoms with Crippen molar-refractivity contribution in [2.24, 2.45) is 0 Å². The topological polar surface area (TPSA) is 37.3 Å². The number of hydrogen-bond donors (Lipinski definition) is 1. The standard InChI is InChI=1S/C8H16O2Si/c1-4-11(3,5-2)7-6-8(9)10/h6-7H,4-5H2,1-3H3,(H,9,10). The molecule has 0 aromatic rings. The molecule has 11 heavy (non-hydrogen) atoms. The lowest BCUT2D eigenvalue weighted by Crippen LogP contribution is -2.24. The molecule has 0 aliphatic carbocycles. The van der Waals surface area contributed by atoms with Crippen molar-refractivity contribution in [3.05, 3.63) is 11.8 Å². The van der Waals surface area contributed by atoms with Crippen molar-refractivity contribution < 1.29 is 9.90 Å². The summed E-state index contributed by atoms with van der Waals surface area (Å²) in [6, 6.07) is 2.24. The van der Waals surface area contributed by atoms with E-state index in [1.54, 1.807) is 0 Å². The highest BCUT2D eigenvalue weighted by molar-refractivity contribution is 6.83. The van der Waals surface area contributed by atoms with Gasteiger partial charge in [-0.05, 0) is 0 Å². The average molecular weight is 172 g/mol. The van der Waals surface area contributed by atoms with Gasteiger partial charge in [-0.3, -0.25) is 0 Å². The number of aliphatic carboxylic acids is 1. The molecule has 0 aliphatic rings. The normalized spacial score (nSPS) is 12.3. The second kappa shape index (κ2) is 4.33. The van der Waals surface area contributed by atoms with E-state index < -0.39 is 14.0 Å². The van der Waals surface area contributed by atoms with Crippen LogP contribution in [0.1, 0.15) is 13.8 Å². The van der Waals surface area contributed by atoms with Crippen molar-refractivity contribution in [2.75, 3.05) is 0 Å². The molecule has 0 fully saturated rings. The van der Waals surface area contributed by atoms with E-state index >= 15 is 0 Å². The molecule has 0 aromatic carbocycles. The first-order valence-electron chi connectivity index (χ1n) is 3.96. The van der Waals surface area contributed by atoms with Crippen LogP contribution in [0.3, 0.4) is 0 Å². The average Bonchev–Trinajstić information content (AvgIpc) is 2.00. The van der Waals surface area contributed by atoms with E-state index in [-0.39, 0.29) is 0 Å². The van der Waals surface area contributed by atoms with Crippen LogP contribution in [0.4, 0.5) is 0 Å². The van der Waals surface area contributed by atoms with E-state index in [2.05, 4.69) is 20.4 Å². The fourth-order valence-corrected chi connectivity index (χ4v) is 2.27. The fraction of sp³-hybridized carbons (Fsp3) is 0.625. The van der Waals surface area contributed by atoms with Crippen LogP contribution >= 0.6 is 0 Å². The van der Waals surface area contributed by atoms with Gasteiger partial charge in [0.05, 0.1) is 8.07 Å². The lowest BCUT2D eigenvalue weighted by atomic mass is 10.7. The van der Waals surface area contributed by atoms with Crippen LogP contribution in [0.25, 0.3) is 0 Å². The lowest BCUT2D eigenvalue weighted by molar-refractivity contribution is -0.131. The largest absolute Gasteiger partial charge is 0.478 e. The molecule has 0 atom stereocenters. The molecule has 0 saturated carbocycles. The lowest BCUT2D eigenvalue weighted by Gasteiger charge is -2.18. The van der Waals surface area contributed by atoms with Crippen molar-refractivity contribution in [2.45, 2.75) is 32.5 Å². The first-order chi connectivity index (χ1) is 5.04. The Labute approximate surface area is 68.9 Å². The van der Waals surface area contributed by atoms with Crippen molar-refractivity contribution in [3.8, 4) is 0 Å². The van der Waals surface area contributed by atoms with Crippen molar-refractivity contribution in [3.63, 3.8) is 0 Å². The Morgan fingerprint density at radius 3 is 2.18 bits per heavy atom. The number of carboxylic acid groups (broad SMARTS) is 1. The fourth-order valence-electron chi connectivity index (χ4n) is 0.758. The molecule has 0 unspecified atom stereocenters. The predicted molar refractivity (Wildman–Crippen MR) is 49.4 cm³/mol. The second-order valence-corrected chi connectivity index (χ2v) is 8.09. The summed E-state index contributed by atoms with van der Waals surface area (Å²) in [7, 11) is -1.32. The van der Waals surface area contributed by atoms with E-state index in [1.807, 2.05) is 5.70 Å². The summed E-state index contributed by atoms with van der Waals surface area (Å²) in [6.45, 7) is 6.45. The zero-order valence-electron chi connectivity index (χ0n) is 7.42. The quantitative estimate of drug-likeness (QED) is 0.522. The van der Waals surface area contributed by atoms with E-state index in [9.17, 15) is 4.79 Å². The van der Waals surface area contributed by atoms with E-state index in [0.29, 0.717) is 0 Å². The van der Waals surface area contributed by atoms with Crippen LogP contribution in [0, 0.1) is 0 Å².